The van der Waals surface area contributed by atoms with Crippen molar-refractivity contribution in [1.82, 2.24) is 0 Å². The Labute approximate surface area is 110 Å². The molecule has 0 radical (unpaired) electrons. The van der Waals surface area contributed by atoms with Crippen LogP contribution in [0.5, 0.6) is 0 Å². The number of benzene rings is 2. The number of carbonyl (C=O) groups excluding carboxylic acids is 1. The van der Waals surface area contributed by atoms with Crippen LogP contribution in [0.3, 0.4) is 0 Å². The van der Waals surface area contributed by atoms with Crippen molar-refractivity contribution in [3.05, 3.63) is 70.5 Å². The summed E-state index contributed by atoms with van der Waals surface area (Å²) in [6.07, 6.45) is -0.863. The molecule has 0 bridgehead atoms. The van der Waals surface area contributed by atoms with E-state index in [4.69, 9.17) is 0 Å². The lowest BCUT2D eigenvalue weighted by Crippen LogP contribution is -2.12. The SMILES string of the molecule is O=C(Cc1c(F)cccc1F)c1c(F)cc(F)cc1F. The first-order chi connectivity index (χ1) is 9.40. The molecule has 0 aliphatic rings. The number of halogens is 5. The lowest BCUT2D eigenvalue weighted by Gasteiger charge is -2.06. The van der Waals surface area contributed by atoms with E-state index in [-0.39, 0.29) is 0 Å². The van der Waals surface area contributed by atoms with Gasteiger partial charge in [0.1, 0.15) is 29.1 Å². The number of ketones is 1. The van der Waals surface area contributed by atoms with Crippen molar-refractivity contribution in [2.75, 3.05) is 0 Å². The molecular weight excluding hydrogens is 279 g/mol. The number of hydrogen-bond donors (Lipinski definition) is 0. The third-order valence-corrected chi connectivity index (χ3v) is 2.68. The van der Waals surface area contributed by atoms with Crippen LogP contribution in [0.2, 0.25) is 0 Å². The zero-order valence-corrected chi connectivity index (χ0v) is 9.89. The van der Waals surface area contributed by atoms with Crippen LogP contribution in [-0.4, -0.2) is 5.78 Å². The van der Waals surface area contributed by atoms with Gasteiger partial charge >= 0.3 is 0 Å². The van der Waals surface area contributed by atoms with Crippen LogP contribution in [0.15, 0.2) is 30.3 Å². The molecule has 20 heavy (non-hydrogen) atoms. The first-order valence-corrected chi connectivity index (χ1v) is 5.50. The topological polar surface area (TPSA) is 17.1 Å². The standard InChI is InChI=1S/C14H7F5O/c15-7-4-11(18)14(12(19)5-7)13(20)6-8-9(16)2-1-3-10(8)17/h1-5H,6H2. The maximum Gasteiger partial charge on any atom is 0.173 e. The third-order valence-electron chi connectivity index (χ3n) is 2.68. The Morgan fingerprint density at radius 1 is 0.850 bits per heavy atom. The van der Waals surface area contributed by atoms with Crippen molar-refractivity contribution in [1.29, 1.82) is 0 Å². The monoisotopic (exact) mass is 286 g/mol. The van der Waals surface area contributed by atoms with Crippen LogP contribution in [0.4, 0.5) is 22.0 Å². The minimum atomic E-state index is -1.41. The van der Waals surface area contributed by atoms with Crippen molar-refractivity contribution >= 4 is 5.78 Å². The van der Waals surface area contributed by atoms with Gasteiger partial charge in [0.2, 0.25) is 0 Å². The molecule has 0 aliphatic carbocycles. The van der Waals surface area contributed by atoms with Crippen LogP contribution >= 0.6 is 0 Å². The van der Waals surface area contributed by atoms with E-state index < -0.39 is 52.4 Å². The summed E-state index contributed by atoms with van der Waals surface area (Å²) in [4.78, 5) is 11.7. The van der Waals surface area contributed by atoms with Gasteiger partial charge in [0, 0.05) is 24.1 Å². The lowest BCUT2D eigenvalue weighted by atomic mass is 10.0. The molecule has 0 fully saturated rings. The second kappa shape index (κ2) is 5.40. The van der Waals surface area contributed by atoms with E-state index in [0.717, 1.165) is 18.2 Å². The zero-order valence-electron chi connectivity index (χ0n) is 9.89. The minimum Gasteiger partial charge on any atom is -0.294 e. The summed E-state index contributed by atoms with van der Waals surface area (Å²) in [5, 5.41) is 0. The molecule has 0 saturated carbocycles. The summed E-state index contributed by atoms with van der Waals surface area (Å²) in [6.45, 7) is 0. The number of rotatable bonds is 3. The third kappa shape index (κ3) is 2.68. The molecule has 6 heteroatoms. The van der Waals surface area contributed by atoms with Gasteiger partial charge in [-0.2, -0.15) is 0 Å². The Balaban J connectivity index is 2.39. The van der Waals surface area contributed by atoms with Gasteiger partial charge < -0.3 is 0 Å². The summed E-state index contributed by atoms with van der Waals surface area (Å²) in [7, 11) is 0. The molecule has 0 N–H and O–H groups in total. The Morgan fingerprint density at radius 3 is 1.85 bits per heavy atom. The van der Waals surface area contributed by atoms with Gasteiger partial charge in [-0.1, -0.05) is 6.07 Å². The Bertz CT molecular complexity index is 638. The second-order valence-corrected chi connectivity index (χ2v) is 4.04. The average molecular weight is 286 g/mol. The molecule has 2 rings (SSSR count). The van der Waals surface area contributed by atoms with Gasteiger partial charge in [-0.05, 0) is 12.1 Å². The highest BCUT2D eigenvalue weighted by molar-refractivity contribution is 5.98. The van der Waals surface area contributed by atoms with Crippen molar-refractivity contribution in [2.45, 2.75) is 6.42 Å². The average Bonchev–Trinajstić information content (AvgIpc) is 2.32. The fourth-order valence-electron chi connectivity index (χ4n) is 1.76. The Kier molecular flexibility index (Phi) is 3.83. The molecule has 0 heterocycles. The normalized spacial score (nSPS) is 10.7. The van der Waals surface area contributed by atoms with Gasteiger partial charge in [0.05, 0.1) is 5.56 Å². The highest BCUT2D eigenvalue weighted by atomic mass is 19.2. The van der Waals surface area contributed by atoms with E-state index >= 15 is 0 Å². The van der Waals surface area contributed by atoms with Crippen LogP contribution in [0, 0.1) is 29.1 Å². The summed E-state index contributed by atoms with van der Waals surface area (Å²) < 4.78 is 66.2. The molecule has 2 aromatic rings. The summed E-state index contributed by atoms with van der Waals surface area (Å²) in [5.41, 5.74) is -1.62. The van der Waals surface area contributed by atoms with E-state index in [2.05, 4.69) is 0 Å². The summed E-state index contributed by atoms with van der Waals surface area (Å²) >= 11 is 0. The van der Waals surface area contributed by atoms with Gasteiger partial charge in [-0.15, -0.1) is 0 Å². The fourth-order valence-corrected chi connectivity index (χ4v) is 1.76. The highest BCUT2D eigenvalue weighted by Gasteiger charge is 2.21. The van der Waals surface area contributed by atoms with Crippen molar-refractivity contribution in [3.63, 3.8) is 0 Å². The first kappa shape index (κ1) is 14.2. The largest absolute Gasteiger partial charge is 0.294 e. The van der Waals surface area contributed by atoms with Crippen molar-refractivity contribution < 1.29 is 26.7 Å². The summed E-state index contributed by atoms with van der Waals surface area (Å²) in [5.74, 6) is -7.19. The first-order valence-electron chi connectivity index (χ1n) is 5.50. The van der Waals surface area contributed by atoms with Crippen molar-refractivity contribution in [3.8, 4) is 0 Å². The van der Waals surface area contributed by atoms with E-state index in [0.29, 0.717) is 12.1 Å². The van der Waals surface area contributed by atoms with Gasteiger partial charge in [0.25, 0.3) is 0 Å². The minimum absolute atomic E-state index is 0.327. The predicted octanol–water partition coefficient (Wildman–Crippen LogP) is 3.81. The molecule has 1 nitrogen and oxygen atoms in total. The van der Waals surface area contributed by atoms with E-state index in [1.165, 1.54) is 0 Å². The highest BCUT2D eigenvalue weighted by Crippen LogP contribution is 2.19. The number of carbonyl (C=O) groups is 1. The molecule has 104 valence electrons. The molecule has 0 spiro atoms. The zero-order chi connectivity index (χ0) is 14.9. The van der Waals surface area contributed by atoms with E-state index in [1.54, 1.807) is 0 Å². The molecule has 0 atom stereocenters. The van der Waals surface area contributed by atoms with Crippen LogP contribution in [0.25, 0.3) is 0 Å². The molecule has 0 amide bonds. The molecule has 0 aliphatic heterocycles. The smallest absolute Gasteiger partial charge is 0.173 e. The molecule has 0 saturated heterocycles. The molecule has 2 aromatic carbocycles. The molecule has 0 unspecified atom stereocenters. The van der Waals surface area contributed by atoms with Crippen LogP contribution in [0.1, 0.15) is 15.9 Å². The van der Waals surface area contributed by atoms with E-state index in [1.807, 2.05) is 0 Å². The lowest BCUT2D eigenvalue weighted by molar-refractivity contribution is 0.0982. The fraction of sp³-hybridized carbons (Fsp3) is 0.0714. The quantitative estimate of drug-likeness (QED) is 0.619. The number of hydrogen-bond acceptors (Lipinski definition) is 1. The van der Waals surface area contributed by atoms with Gasteiger partial charge in [-0.3, -0.25) is 4.79 Å². The van der Waals surface area contributed by atoms with Crippen LogP contribution < -0.4 is 0 Å². The van der Waals surface area contributed by atoms with E-state index in [9.17, 15) is 26.7 Å². The maximum atomic E-state index is 13.4. The van der Waals surface area contributed by atoms with Gasteiger partial charge in [0.15, 0.2) is 5.78 Å². The Morgan fingerprint density at radius 2 is 1.35 bits per heavy atom. The second-order valence-electron chi connectivity index (χ2n) is 4.04. The molecule has 0 aromatic heterocycles. The maximum absolute atomic E-state index is 13.4. The molecular formula is C14H7F5O. The summed E-state index contributed by atoms with van der Waals surface area (Å²) in [6, 6.07) is 3.59. The van der Waals surface area contributed by atoms with Crippen molar-refractivity contribution in [2.24, 2.45) is 0 Å². The number of Topliss-reactive ketones (excluding diaryl/α,β-unsaturated/α-hetero) is 1. The Hall–Kier alpha value is -2.24. The van der Waals surface area contributed by atoms with Crippen LogP contribution in [-0.2, 0) is 6.42 Å². The van der Waals surface area contributed by atoms with Gasteiger partial charge in [-0.25, -0.2) is 22.0 Å². The predicted molar refractivity (Wildman–Crippen MR) is 60.7 cm³/mol.